The first-order chi connectivity index (χ1) is 10.7. The summed E-state index contributed by atoms with van der Waals surface area (Å²) < 4.78 is 0. The lowest BCUT2D eigenvalue weighted by molar-refractivity contribution is 0.182. The predicted molar refractivity (Wildman–Crippen MR) is 93.7 cm³/mol. The molecule has 0 amide bonds. The first-order valence-corrected chi connectivity index (χ1v) is 9.49. The number of hydrogen-bond acceptors (Lipinski definition) is 3. The van der Waals surface area contributed by atoms with Crippen LogP contribution >= 0.6 is 0 Å². The Kier molecular flexibility index (Phi) is 17.1. The average Bonchev–Trinajstić information content (AvgIpc) is 2.53. The molecule has 0 rings (SSSR count). The largest absolute Gasteiger partial charge is 0.396 e. The highest BCUT2D eigenvalue weighted by Crippen LogP contribution is 2.22. The molecule has 22 heavy (non-hydrogen) atoms. The van der Waals surface area contributed by atoms with Gasteiger partial charge in [-0.25, -0.2) is 0 Å². The van der Waals surface area contributed by atoms with Gasteiger partial charge in [0.05, 0.1) is 6.10 Å². The summed E-state index contributed by atoms with van der Waals surface area (Å²) in [6.45, 7) is 2.62. The lowest BCUT2D eigenvalue weighted by Crippen LogP contribution is -2.14. The minimum Gasteiger partial charge on any atom is -0.396 e. The predicted octanol–water partition coefficient (Wildman–Crippen LogP) is 4.24. The topological polar surface area (TPSA) is 60.7 Å². The fourth-order valence-electron chi connectivity index (χ4n) is 2.88. The Morgan fingerprint density at radius 2 is 1.09 bits per heavy atom. The van der Waals surface area contributed by atoms with E-state index in [0.717, 1.165) is 38.5 Å². The zero-order valence-electron chi connectivity index (χ0n) is 14.7. The van der Waals surface area contributed by atoms with E-state index in [2.05, 4.69) is 6.42 Å². The van der Waals surface area contributed by atoms with Gasteiger partial charge in [-0.1, -0.05) is 64.7 Å². The fourth-order valence-corrected chi connectivity index (χ4v) is 2.88. The molecular weight excluding hydrogens is 276 g/mol. The molecule has 0 heterocycles. The van der Waals surface area contributed by atoms with Crippen LogP contribution in [0.25, 0.3) is 0 Å². The maximum Gasteiger partial charge on any atom is 0.0572 e. The van der Waals surface area contributed by atoms with Crippen molar-refractivity contribution in [3.8, 4) is 0 Å². The summed E-state index contributed by atoms with van der Waals surface area (Å²) in [4.78, 5) is 0. The van der Waals surface area contributed by atoms with Gasteiger partial charge in [-0.3, -0.25) is 0 Å². The fraction of sp³-hybridized carbons (Fsp3) is 0.947. The average molecular weight is 316 g/mol. The van der Waals surface area contributed by atoms with Crippen molar-refractivity contribution in [2.45, 2.75) is 96.5 Å². The molecule has 3 N–H and O–H groups in total. The SMILES string of the molecule is CCC(O)[CH]C(CCCCO)CCCCCCCCCCO. The normalized spacial score (nSPS) is 14.2. The second kappa shape index (κ2) is 17.2. The van der Waals surface area contributed by atoms with Gasteiger partial charge in [-0.05, 0) is 38.0 Å². The van der Waals surface area contributed by atoms with Gasteiger partial charge in [0.2, 0.25) is 0 Å². The minimum absolute atomic E-state index is 0.273. The molecule has 3 heteroatoms. The van der Waals surface area contributed by atoms with Crippen molar-refractivity contribution >= 4 is 0 Å². The van der Waals surface area contributed by atoms with Crippen LogP contribution in [0.15, 0.2) is 0 Å². The molecule has 0 aromatic rings. The molecule has 0 aliphatic carbocycles. The molecule has 0 saturated heterocycles. The molecule has 2 atom stereocenters. The monoisotopic (exact) mass is 315 g/mol. The van der Waals surface area contributed by atoms with E-state index in [9.17, 15) is 5.11 Å². The molecule has 0 aromatic carbocycles. The van der Waals surface area contributed by atoms with E-state index in [4.69, 9.17) is 10.2 Å². The van der Waals surface area contributed by atoms with Crippen molar-refractivity contribution in [2.24, 2.45) is 5.92 Å². The van der Waals surface area contributed by atoms with Crippen molar-refractivity contribution < 1.29 is 15.3 Å². The van der Waals surface area contributed by atoms with Crippen LogP contribution in [0.4, 0.5) is 0 Å². The third kappa shape index (κ3) is 14.8. The van der Waals surface area contributed by atoms with Crippen molar-refractivity contribution in [1.82, 2.24) is 0 Å². The molecule has 0 saturated carbocycles. The van der Waals surface area contributed by atoms with Crippen LogP contribution in [0, 0.1) is 12.3 Å². The van der Waals surface area contributed by atoms with Gasteiger partial charge in [-0.2, -0.15) is 0 Å². The Labute approximate surface area is 138 Å². The maximum atomic E-state index is 9.81. The Balaban J connectivity index is 3.60. The van der Waals surface area contributed by atoms with Crippen LogP contribution in [-0.4, -0.2) is 34.6 Å². The number of hydrogen-bond donors (Lipinski definition) is 3. The van der Waals surface area contributed by atoms with E-state index in [-0.39, 0.29) is 12.7 Å². The Morgan fingerprint density at radius 1 is 0.682 bits per heavy atom. The zero-order chi connectivity index (χ0) is 16.5. The third-order valence-corrected chi connectivity index (χ3v) is 4.38. The van der Waals surface area contributed by atoms with Gasteiger partial charge in [0.1, 0.15) is 0 Å². The molecule has 133 valence electrons. The lowest BCUT2D eigenvalue weighted by Gasteiger charge is -2.19. The Morgan fingerprint density at radius 3 is 1.59 bits per heavy atom. The van der Waals surface area contributed by atoms with E-state index in [1.54, 1.807) is 0 Å². The molecule has 0 aliphatic heterocycles. The molecular formula is C19H39O3. The molecule has 2 unspecified atom stereocenters. The van der Waals surface area contributed by atoms with Crippen molar-refractivity contribution in [3.63, 3.8) is 0 Å². The molecule has 0 spiro atoms. The van der Waals surface area contributed by atoms with E-state index in [1.807, 2.05) is 6.92 Å². The first-order valence-electron chi connectivity index (χ1n) is 9.49. The summed E-state index contributed by atoms with van der Waals surface area (Å²) in [7, 11) is 0. The van der Waals surface area contributed by atoms with Crippen LogP contribution in [0.2, 0.25) is 0 Å². The van der Waals surface area contributed by atoms with Crippen LogP contribution in [0.1, 0.15) is 90.4 Å². The number of aliphatic hydroxyl groups excluding tert-OH is 3. The van der Waals surface area contributed by atoms with E-state index < -0.39 is 0 Å². The number of rotatable bonds is 17. The van der Waals surface area contributed by atoms with E-state index in [0.29, 0.717) is 12.5 Å². The highest BCUT2D eigenvalue weighted by atomic mass is 16.3. The summed E-state index contributed by atoms with van der Waals surface area (Å²) in [6, 6.07) is 0. The molecule has 0 aliphatic rings. The van der Waals surface area contributed by atoms with Gasteiger partial charge in [0.15, 0.2) is 0 Å². The number of unbranched alkanes of at least 4 members (excludes halogenated alkanes) is 8. The van der Waals surface area contributed by atoms with Gasteiger partial charge in [0.25, 0.3) is 0 Å². The van der Waals surface area contributed by atoms with E-state index >= 15 is 0 Å². The quantitative estimate of drug-likeness (QED) is 0.352. The Bertz CT molecular complexity index is 209. The molecule has 3 nitrogen and oxygen atoms in total. The smallest absolute Gasteiger partial charge is 0.0572 e. The van der Waals surface area contributed by atoms with Crippen LogP contribution in [-0.2, 0) is 0 Å². The summed E-state index contributed by atoms with van der Waals surface area (Å²) in [6.07, 6.45) is 16.6. The molecule has 1 radical (unpaired) electrons. The first kappa shape index (κ1) is 21.9. The van der Waals surface area contributed by atoms with Crippen LogP contribution in [0.3, 0.4) is 0 Å². The lowest BCUT2D eigenvalue weighted by atomic mass is 9.89. The second-order valence-corrected chi connectivity index (χ2v) is 6.49. The van der Waals surface area contributed by atoms with E-state index in [1.165, 1.54) is 44.9 Å². The van der Waals surface area contributed by atoms with Gasteiger partial charge < -0.3 is 15.3 Å². The minimum atomic E-state index is -0.273. The second-order valence-electron chi connectivity index (χ2n) is 6.49. The van der Waals surface area contributed by atoms with Crippen molar-refractivity contribution in [3.05, 3.63) is 6.42 Å². The molecule has 0 fully saturated rings. The highest BCUT2D eigenvalue weighted by molar-refractivity contribution is 4.82. The van der Waals surface area contributed by atoms with Gasteiger partial charge >= 0.3 is 0 Å². The van der Waals surface area contributed by atoms with Crippen LogP contribution < -0.4 is 0 Å². The highest BCUT2D eigenvalue weighted by Gasteiger charge is 2.13. The summed E-state index contributed by atoms with van der Waals surface area (Å²) in [5.41, 5.74) is 0. The van der Waals surface area contributed by atoms with Gasteiger partial charge in [0, 0.05) is 13.2 Å². The molecule has 0 bridgehead atoms. The van der Waals surface area contributed by atoms with Crippen molar-refractivity contribution in [1.29, 1.82) is 0 Å². The summed E-state index contributed by atoms with van der Waals surface area (Å²) >= 11 is 0. The number of aliphatic hydroxyl groups is 3. The molecule has 0 aromatic heterocycles. The zero-order valence-corrected chi connectivity index (χ0v) is 14.7. The van der Waals surface area contributed by atoms with Crippen molar-refractivity contribution in [2.75, 3.05) is 13.2 Å². The maximum absolute atomic E-state index is 9.81. The summed E-state index contributed by atoms with van der Waals surface area (Å²) in [5.74, 6) is 0.506. The van der Waals surface area contributed by atoms with Gasteiger partial charge in [-0.15, -0.1) is 0 Å². The third-order valence-electron chi connectivity index (χ3n) is 4.38. The summed E-state index contributed by atoms with van der Waals surface area (Å²) in [5, 5.41) is 27.4. The Hall–Kier alpha value is -0.120. The van der Waals surface area contributed by atoms with Crippen LogP contribution in [0.5, 0.6) is 0 Å². The standard InChI is InChI=1S/C19H39O3/c1-2-19(22)17-18(14-10-12-16-21)13-9-7-5-3-4-6-8-11-15-20/h17-22H,2-16H2,1H3.